The van der Waals surface area contributed by atoms with Crippen LogP contribution >= 0.6 is 0 Å². The Morgan fingerprint density at radius 3 is 2.84 bits per heavy atom. The molecule has 1 atom stereocenters. The van der Waals surface area contributed by atoms with Gasteiger partial charge in [-0.2, -0.15) is 0 Å². The summed E-state index contributed by atoms with van der Waals surface area (Å²) >= 11 is 0. The van der Waals surface area contributed by atoms with Crippen molar-refractivity contribution in [3.63, 3.8) is 0 Å². The molecule has 106 valence electrons. The summed E-state index contributed by atoms with van der Waals surface area (Å²) < 4.78 is 0. The molecule has 2 heterocycles. The highest BCUT2D eigenvalue weighted by atomic mass is 15.2. The molecule has 19 heavy (non-hydrogen) atoms. The number of hydrogen-bond donors (Lipinski definition) is 1. The fourth-order valence-electron chi connectivity index (χ4n) is 2.52. The predicted octanol–water partition coefficient (Wildman–Crippen LogP) is 3.21. The lowest BCUT2D eigenvalue weighted by Crippen LogP contribution is -2.25. The second-order valence-electron chi connectivity index (χ2n) is 6.08. The highest BCUT2D eigenvalue weighted by molar-refractivity contribution is 5.39. The van der Waals surface area contributed by atoms with Crippen molar-refractivity contribution in [2.75, 3.05) is 18.0 Å². The Morgan fingerprint density at radius 1 is 1.32 bits per heavy atom. The second kappa shape index (κ2) is 6.90. The highest BCUT2D eigenvalue weighted by Crippen LogP contribution is 2.20. The zero-order valence-electron chi connectivity index (χ0n) is 12.5. The summed E-state index contributed by atoms with van der Waals surface area (Å²) in [6, 6.07) is 4.89. The van der Waals surface area contributed by atoms with Gasteiger partial charge in [0, 0.05) is 31.9 Å². The van der Waals surface area contributed by atoms with Crippen molar-refractivity contribution in [1.82, 2.24) is 10.3 Å². The normalized spacial score (nSPS) is 20.6. The van der Waals surface area contributed by atoms with Crippen molar-refractivity contribution in [2.45, 2.75) is 52.6 Å². The average Bonchev–Trinajstić information content (AvgIpc) is 2.62. The lowest BCUT2D eigenvalue weighted by atomic mass is 10.0. The summed E-state index contributed by atoms with van der Waals surface area (Å²) in [5.74, 6) is 2.00. The molecule has 1 unspecified atom stereocenters. The van der Waals surface area contributed by atoms with Crippen molar-refractivity contribution in [2.24, 2.45) is 5.92 Å². The molecule has 0 bridgehead atoms. The molecule has 0 aliphatic carbocycles. The number of anilines is 1. The molecule has 0 radical (unpaired) electrons. The lowest BCUT2D eigenvalue weighted by molar-refractivity contribution is 0.521. The van der Waals surface area contributed by atoms with Crippen molar-refractivity contribution in [3.8, 4) is 0 Å². The van der Waals surface area contributed by atoms with Gasteiger partial charge in [-0.05, 0) is 36.8 Å². The number of aromatic nitrogens is 1. The molecule has 2 rings (SSSR count). The van der Waals surface area contributed by atoms with E-state index in [2.05, 4.69) is 48.1 Å². The van der Waals surface area contributed by atoms with E-state index >= 15 is 0 Å². The van der Waals surface area contributed by atoms with Crippen LogP contribution in [0.5, 0.6) is 0 Å². The van der Waals surface area contributed by atoms with E-state index in [9.17, 15) is 0 Å². The predicted molar refractivity (Wildman–Crippen MR) is 81.4 cm³/mol. The summed E-state index contributed by atoms with van der Waals surface area (Å²) in [4.78, 5) is 7.07. The Balaban J connectivity index is 1.93. The maximum absolute atomic E-state index is 4.63. The topological polar surface area (TPSA) is 28.2 Å². The average molecular weight is 261 g/mol. The minimum atomic E-state index is 0.520. The van der Waals surface area contributed by atoms with E-state index in [0.29, 0.717) is 6.04 Å². The van der Waals surface area contributed by atoms with Gasteiger partial charge in [0.25, 0.3) is 0 Å². The summed E-state index contributed by atoms with van der Waals surface area (Å²) in [6.07, 6.45) is 5.95. The van der Waals surface area contributed by atoms with Crippen molar-refractivity contribution >= 4 is 5.82 Å². The van der Waals surface area contributed by atoms with Gasteiger partial charge in [0.05, 0.1) is 0 Å². The van der Waals surface area contributed by atoms with E-state index in [1.54, 1.807) is 0 Å². The van der Waals surface area contributed by atoms with Crippen LogP contribution in [0.2, 0.25) is 0 Å². The summed E-state index contributed by atoms with van der Waals surface area (Å²) in [5, 5.41) is 3.42. The highest BCUT2D eigenvalue weighted by Gasteiger charge is 2.14. The first-order valence-electron chi connectivity index (χ1n) is 7.58. The van der Waals surface area contributed by atoms with Crippen LogP contribution in [0.4, 0.5) is 5.82 Å². The van der Waals surface area contributed by atoms with Gasteiger partial charge >= 0.3 is 0 Å². The molecule has 1 aromatic heterocycles. The number of pyridine rings is 1. The van der Waals surface area contributed by atoms with Gasteiger partial charge in [-0.15, -0.1) is 0 Å². The Kier molecular flexibility index (Phi) is 5.20. The van der Waals surface area contributed by atoms with E-state index in [-0.39, 0.29) is 0 Å². The molecule has 1 saturated heterocycles. The maximum Gasteiger partial charge on any atom is 0.128 e. The number of rotatable bonds is 4. The summed E-state index contributed by atoms with van der Waals surface area (Å²) in [7, 11) is 0. The fraction of sp³-hybridized carbons (Fsp3) is 0.688. The lowest BCUT2D eigenvalue weighted by Gasteiger charge is -2.21. The molecule has 0 spiro atoms. The fourth-order valence-corrected chi connectivity index (χ4v) is 2.52. The monoisotopic (exact) mass is 261 g/mol. The molecule has 0 aromatic carbocycles. The van der Waals surface area contributed by atoms with Crippen LogP contribution in [0.1, 0.15) is 45.6 Å². The van der Waals surface area contributed by atoms with Crippen molar-refractivity contribution < 1.29 is 0 Å². The van der Waals surface area contributed by atoms with Crippen LogP contribution in [0.15, 0.2) is 18.3 Å². The minimum Gasteiger partial charge on any atom is -0.357 e. The summed E-state index contributed by atoms with van der Waals surface area (Å²) in [5.41, 5.74) is 1.26. The van der Waals surface area contributed by atoms with Crippen LogP contribution in [0.3, 0.4) is 0 Å². The second-order valence-corrected chi connectivity index (χ2v) is 6.08. The molecular formula is C16H27N3. The molecule has 0 saturated carbocycles. The molecule has 3 nitrogen and oxygen atoms in total. The molecule has 1 aliphatic rings. The third kappa shape index (κ3) is 4.50. The van der Waals surface area contributed by atoms with Crippen LogP contribution in [0, 0.1) is 5.92 Å². The Hall–Kier alpha value is -1.09. The first-order chi connectivity index (χ1) is 9.15. The van der Waals surface area contributed by atoms with E-state index < -0.39 is 0 Å². The Labute approximate surface area is 117 Å². The standard InChI is InChI=1S/C16H27N3/c1-13(2)17-11-15-6-7-16(18-12-15)19-9-4-5-14(3)8-10-19/h6-7,12-14,17H,4-5,8-11H2,1-3H3. The van der Waals surface area contributed by atoms with Gasteiger partial charge in [-0.1, -0.05) is 26.8 Å². The van der Waals surface area contributed by atoms with Crippen LogP contribution in [-0.4, -0.2) is 24.1 Å². The summed E-state index contributed by atoms with van der Waals surface area (Å²) in [6.45, 7) is 9.90. The quantitative estimate of drug-likeness (QED) is 0.902. The maximum atomic E-state index is 4.63. The smallest absolute Gasteiger partial charge is 0.128 e. The van der Waals surface area contributed by atoms with E-state index in [4.69, 9.17) is 0 Å². The van der Waals surface area contributed by atoms with Gasteiger partial charge in [-0.3, -0.25) is 0 Å². The first-order valence-corrected chi connectivity index (χ1v) is 7.58. The molecule has 1 N–H and O–H groups in total. The van der Waals surface area contributed by atoms with E-state index in [1.807, 2.05) is 6.20 Å². The molecule has 3 heteroatoms. The third-order valence-electron chi connectivity index (χ3n) is 3.86. The van der Waals surface area contributed by atoms with Crippen LogP contribution in [-0.2, 0) is 6.54 Å². The Bertz CT molecular complexity index is 372. The number of hydrogen-bond acceptors (Lipinski definition) is 3. The van der Waals surface area contributed by atoms with Gasteiger partial charge < -0.3 is 10.2 Å². The largest absolute Gasteiger partial charge is 0.357 e. The van der Waals surface area contributed by atoms with Gasteiger partial charge in [0.2, 0.25) is 0 Å². The van der Waals surface area contributed by atoms with E-state index in [1.165, 1.54) is 24.8 Å². The third-order valence-corrected chi connectivity index (χ3v) is 3.86. The SMILES string of the molecule is CC1CCCN(c2ccc(CNC(C)C)cn2)CC1. The molecular weight excluding hydrogens is 234 g/mol. The van der Waals surface area contributed by atoms with Crippen LogP contribution < -0.4 is 10.2 Å². The van der Waals surface area contributed by atoms with Crippen LogP contribution in [0.25, 0.3) is 0 Å². The first kappa shape index (κ1) is 14.3. The zero-order valence-corrected chi connectivity index (χ0v) is 12.5. The molecule has 1 fully saturated rings. The van der Waals surface area contributed by atoms with Gasteiger partial charge in [0.15, 0.2) is 0 Å². The van der Waals surface area contributed by atoms with E-state index in [0.717, 1.165) is 31.4 Å². The zero-order chi connectivity index (χ0) is 13.7. The minimum absolute atomic E-state index is 0.520. The Morgan fingerprint density at radius 2 is 2.16 bits per heavy atom. The number of nitrogens with zero attached hydrogens (tertiary/aromatic N) is 2. The van der Waals surface area contributed by atoms with Gasteiger partial charge in [-0.25, -0.2) is 4.98 Å². The molecule has 1 aliphatic heterocycles. The number of nitrogens with one attached hydrogen (secondary N) is 1. The molecule has 0 amide bonds. The van der Waals surface area contributed by atoms with Crippen molar-refractivity contribution in [1.29, 1.82) is 0 Å². The molecule has 1 aromatic rings. The van der Waals surface area contributed by atoms with Crippen molar-refractivity contribution in [3.05, 3.63) is 23.9 Å². The van der Waals surface area contributed by atoms with Gasteiger partial charge in [0.1, 0.15) is 5.82 Å².